The van der Waals surface area contributed by atoms with E-state index in [4.69, 9.17) is 4.74 Å². The summed E-state index contributed by atoms with van der Waals surface area (Å²) in [7, 11) is 0. The summed E-state index contributed by atoms with van der Waals surface area (Å²) >= 11 is 0. The lowest BCUT2D eigenvalue weighted by Crippen LogP contribution is -2.42. The largest absolute Gasteiger partial charge is 0.489 e. The van der Waals surface area contributed by atoms with Crippen molar-refractivity contribution in [3.63, 3.8) is 0 Å². The molecule has 3 aliphatic rings. The van der Waals surface area contributed by atoms with Gasteiger partial charge in [0, 0.05) is 11.8 Å². The summed E-state index contributed by atoms with van der Waals surface area (Å²) < 4.78 is 6.05. The van der Waals surface area contributed by atoms with Crippen molar-refractivity contribution in [2.45, 2.75) is 58.0 Å². The lowest BCUT2D eigenvalue weighted by molar-refractivity contribution is -0.129. The number of carbonyl (C=O) groups excluding carboxylic acids is 1. The number of hydrogen-bond donors (Lipinski definition) is 0. The molecule has 2 aromatic carbocycles. The topological polar surface area (TPSA) is 26.3 Å². The van der Waals surface area contributed by atoms with Crippen molar-refractivity contribution in [1.29, 1.82) is 0 Å². The number of aryl methyl sites for hydroxylation is 1. The first-order chi connectivity index (χ1) is 13.1. The summed E-state index contributed by atoms with van der Waals surface area (Å²) in [5, 5.41) is 0. The fourth-order valence-corrected chi connectivity index (χ4v) is 6.16. The zero-order chi connectivity index (χ0) is 18.4. The second-order valence-electron chi connectivity index (χ2n) is 8.97. The summed E-state index contributed by atoms with van der Waals surface area (Å²) in [4.78, 5) is 12.5. The Balaban J connectivity index is 1.35. The summed E-state index contributed by atoms with van der Waals surface area (Å²) in [5.74, 6) is 3.44. The van der Waals surface area contributed by atoms with Crippen molar-refractivity contribution in [3.05, 3.63) is 65.2 Å². The van der Waals surface area contributed by atoms with E-state index in [1.807, 2.05) is 6.07 Å². The van der Waals surface area contributed by atoms with Gasteiger partial charge in [0.15, 0.2) is 0 Å². The molecule has 0 radical (unpaired) electrons. The van der Waals surface area contributed by atoms with E-state index >= 15 is 0 Å². The van der Waals surface area contributed by atoms with Crippen molar-refractivity contribution >= 4 is 5.78 Å². The molecule has 2 nitrogen and oxygen atoms in total. The van der Waals surface area contributed by atoms with Crippen molar-refractivity contribution in [3.8, 4) is 5.75 Å². The highest BCUT2D eigenvalue weighted by molar-refractivity contribution is 5.87. The molecule has 140 valence electrons. The summed E-state index contributed by atoms with van der Waals surface area (Å²) in [6, 6.07) is 17.1. The molecule has 2 aromatic rings. The highest BCUT2D eigenvalue weighted by atomic mass is 16.5. The predicted molar refractivity (Wildman–Crippen MR) is 107 cm³/mol. The predicted octanol–water partition coefficient (Wildman–Crippen LogP) is 5.69. The second-order valence-corrected chi connectivity index (χ2v) is 8.97. The zero-order valence-corrected chi connectivity index (χ0v) is 16.1. The summed E-state index contributed by atoms with van der Waals surface area (Å²) in [6.07, 6.45) is 6.52. The highest BCUT2D eigenvalue weighted by Gasteiger charge is 2.54. The molecule has 0 saturated heterocycles. The minimum Gasteiger partial charge on any atom is -0.489 e. The maximum Gasteiger partial charge on any atom is 0.139 e. The molecule has 0 amide bonds. The van der Waals surface area contributed by atoms with Crippen molar-refractivity contribution < 1.29 is 9.53 Å². The van der Waals surface area contributed by atoms with Crippen LogP contribution in [0.5, 0.6) is 5.75 Å². The van der Waals surface area contributed by atoms with Gasteiger partial charge < -0.3 is 4.74 Å². The van der Waals surface area contributed by atoms with Crippen molar-refractivity contribution in [2.24, 2.45) is 17.3 Å². The fourth-order valence-electron chi connectivity index (χ4n) is 6.16. The van der Waals surface area contributed by atoms with Crippen molar-refractivity contribution in [1.82, 2.24) is 0 Å². The summed E-state index contributed by atoms with van der Waals surface area (Å²) in [5.41, 5.74) is 4.17. The van der Waals surface area contributed by atoms with Crippen LogP contribution >= 0.6 is 0 Å². The van der Waals surface area contributed by atoms with E-state index in [1.54, 1.807) is 0 Å². The molecular weight excluding hydrogens is 332 g/mol. The molecule has 27 heavy (non-hydrogen) atoms. The lowest BCUT2D eigenvalue weighted by atomic mass is 9.55. The molecule has 0 heterocycles. The Morgan fingerprint density at radius 2 is 1.89 bits per heavy atom. The average Bonchev–Trinajstić information content (AvgIpc) is 3.01. The maximum absolute atomic E-state index is 12.5. The molecule has 3 unspecified atom stereocenters. The van der Waals surface area contributed by atoms with E-state index in [0.29, 0.717) is 30.1 Å². The molecule has 3 aliphatic carbocycles. The number of ketones is 1. The van der Waals surface area contributed by atoms with Crippen LogP contribution in [0.1, 0.15) is 61.6 Å². The molecule has 4 atom stereocenters. The number of ether oxygens (including phenoxy) is 1. The molecule has 0 N–H and O–H groups in total. The molecule has 0 bridgehead atoms. The van der Waals surface area contributed by atoms with Gasteiger partial charge in [0.25, 0.3) is 0 Å². The Hall–Kier alpha value is -2.09. The van der Waals surface area contributed by atoms with Gasteiger partial charge in [-0.3, -0.25) is 4.79 Å². The van der Waals surface area contributed by atoms with E-state index in [9.17, 15) is 4.79 Å². The van der Waals surface area contributed by atoms with Crippen LogP contribution in [0.25, 0.3) is 0 Å². The number of rotatable bonds is 3. The quantitative estimate of drug-likeness (QED) is 0.703. The van der Waals surface area contributed by atoms with E-state index in [2.05, 4.69) is 49.4 Å². The van der Waals surface area contributed by atoms with E-state index < -0.39 is 0 Å². The minimum absolute atomic E-state index is 0.0304. The van der Waals surface area contributed by atoms with Crippen LogP contribution < -0.4 is 4.74 Å². The molecule has 2 heteroatoms. The van der Waals surface area contributed by atoms with Gasteiger partial charge in [0.05, 0.1) is 0 Å². The molecule has 0 aliphatic heterocycles. The highest BCUT2D eigenvalue weighted by Crippen LogP contribution is 2.59. The van der Waals surface area contributed by atoms with Gasteiger partial charge >= 0.3 is 0 Å². The van der Waals surface area contributed by atoms with Crippen LogP contribution in [0, 0.1) is 17.3 Å². The van der Waals surface area contributed by atoms with Gasteiger partial charge in [-0.15, -0.1) is 0 Å². The lowest BCUT2D eigenvalue weighted by Gasteiger charge is -2.48. The van der Waals surface area contributed by atoms with Crippen LogP contribution in [0.2, 0.25) is 0 Å². The number of fused-ring (bicyclic) bond motifs is 5. The molecular formula is C25H28O2. The zero-order valence-electron chi connectivity index (χ0n) is 16.1. The average molecular weight is 360 g/mol. The maximum atomic E-state index is 12.5. The molecule has 0 aromatic heterocycles. The first-order valence-electron chi connectivity index (χ1n) is 10.5. The number of carbonyl (C=O) groups is 1. The second kappa shape index (κ2) is 6.51. The third-order valence-electron chi connectivity index (χ3n) is 7.66. The number of Topliss-reactive ketones (excluding diaryl/α,β-unsaturated/α-hetero) is 1. The Labute approximate surface area is 161 Å². The first-order valence-corrected chi connectivity index (χ1v) is 10.5. The van der Waals surface area contributed by atoms with E-state index in [0.717, 1.165) is 31.4 Å². The Kier molecular flexibility index (Phi) is 4.11. The van der Waals surface area contributed by atoms with Crippen molar-refractivity contribution in [2.75, 3.05) is 0 Å². The van der Waals surface area contributed by atoms with Gasteiger partial charge in [-0.05, 0) is 78.7 Å². The van der Waals surface area contributed by atoms with Crippen LogP contribution in [0.15, 0.2) is 48.5 Å². The minimum atomic E-state index is -0.0304. The molecule has 0 spiro atoms. The summed E-state index contributed by atoms with van der Waals surface area (Å²) in [6.45, 7) is 2.87. The number of hydrogen-bond acceptors (Lipinski definition) is 2. The van der Waals surface area contributed by atoms with Crippen LogP contribution in [0.3, 0.4) is 0 Å². The van der Waals surface area contributed by atoms with Gasteiger partial charge in [-0.1, -0.05) is 43.3 Å². The number of benzene rings is 2. The SMILES string of the molecule is C[C@]12CCC3c4ccc(OCc5ccccc5)cc4CCC3C1CCC2=O. The van der Waals surface area contributed by atoms with E-state index in [-0.39, 0.29) is 5.41 Å². The Bertz CT molecular complexity index is 856. The Morgan fingerprint density at radius 3 is 2.74 bits per heavy atom. The first kappa shape index (κ1) is 17.0. The molecule has 5 rings (SSSR count). The normalized spacial score (nSPS) is 31.7. The van der Waals surface area contributed by atoms with Crippen LogP contribution in [0.4, 0.5) is 0 Å². The van der Waals surface area contributed by atoms with Crippen LogP contribution in [-0.2, 0) is 17.8 Å². The fraction of sp³-hybridized carbons (Fsp3) is 0.480. The third kappa shape index (κ3) is 2.81. The van der Waals surface area contributed by atoms with Gasteiger partial charge in [0.1, 0.15) is 18.1 Å². The molecule has 2 fully saturated rings. The molecule has 2 saturated carbocycles. The third-order valence-corrected chi connectivity index (χ3v) is 7.66. The standard InChI is InChI=1S/C25H28O2/c1-25-14-13-21-20-10-8-19(27-16-17-5-3-2-4-6-17)15-18(20)7-9-22(21)23(25)11-12-24(25)26/h2-6,8,10,15,21-23H,7,9,11-14,16H2,1H3/t21?,22?,23?,25-/m0/s1. The van der Waals surface area contributed by atoms with Gasteiger partial charge in [0.2, 0.25) is 0 Å². The smallest absolute Gasteiger partial charge is 0.139 e. The van der Waals surface area contributed by atoms with Gasteiger partial charge in [-0.25, -0.2) is 0 Å². The monoisotopic (exact) mass is 360 g/mol. The van der Waals surface area contributed by atoms with E-state index in [1.165, 1.54) is 29.5 Å². The Morgan fingerprint density at radius 1 is 1.04 bits per heavy atom. The van der Waals surface area contributed by atoms with Crippen LogP contribution in [-0.4, -0.2) is 5.78 Å². The van der Waals surface area contributed by atoms with Gasteiger partial charge in [-0.2, -0.15) is 0 Å².